The zero-order valence-corrected chi connectivity index (χ0v) is 14.7. The molecule has 1 atom stereocenters. The lowest BCUT2D eigenvalue weighted by atomic mass is 10.2. The Kier molecular flexibility index (Phi) is 5.11. The Hall–Kier alpha value is -0.690. The van der Waals surface area contributed by atoms with Crippen molar-refractivity contribution in [3.05, 3.63) is 43.2 Å². The molecule has 1 amide bonds. The summed E-state index contributed by atoms with van der Waals surface area (Å²) in [7, 11) is 0. The standard InChI is InChI=1S/C15H16BrNO2S2/c16-14-6-5-13(21-14)15(18)17(9-11-3-1-7-19-11)10-12-4-2-8-20-12/h2,4-6,8,11H,1,3,7,9-10H2. The first-order valence-electron chi connectivity index (χ1n) is 6.91. The van der Waals surface area contributed by atoms with E-state index in [0.29, 0.717) is 13.1 Å². The maximum absolute atomic E-state index is 12.7. The highest BCUT2D eigenvalue weighted by Crippen LogP contribution is 2.25. The minimum absolute atomic E-state index is 0.0922. The summed E-state index contributed by atoms with van der Waals surface area (Å²) in [5.41, 5.74) is 0. The van der Waals surface area contributed by atoms with E-state index < -0.39 is 0 Å². The Morgan fingerprint density at radius 3 is 2.95 bits per heavy atom. The van der Waals surface area contributed by atoms with Crippen LogP contribution in [0.1, 0.15) is 27.4 Å². The number of halogens is 1. The van der Waals surface area contributed by atoms with Gasteiger partial charge in [0.2, 0.25) is 0 Å². The van der Waals surface area contributed by atoms with Crippen LogP contribution in [0.15, 0.2) is 33.4 Å². The van der Waals surface area contributed by atoms with Gasteiger partial charge in [-0.2, -0.15) is 0 Å². The first-order chi connectivity index (χ1) is 10.2. The summed E-state index contributed by atoms with van der Waals surface area (Å²) >= 11 is 6.59. The molecule has 0 aromatic carbocycles. The van der Waals surface area contributed by atoms with E-state index in [1.165, 1.54) is 16.2 Å². The predicted molar refractivity (Wildman–Crippen MR) is 90.1 cm³/mol. The van der Waals surface area contributed by atoms with Gasteiger partial charge >= 0.3 is 0 Å². The van der Waals surface area contributed by atoms with Crippen molar-refractivity contribution in [3.8, 4) is 0 Å². The lowest BCUT2D eigenvalue weighted by molar-refractivity contribution is 0.0513. The van der Waals surface area contributed by atoms with Crippen LogP contribution < -0.4 is 0 Å². The van der Waals surface area contributed by atoms with Gasteiger partial charge < -0.3 is 9.64 Å². The molecule has 112 valence electrons. The Bertz CT molecular complexity index is 591. The van der Waals surface area contributed by atoms with Crippen LogP contribution in [0, 0.1) is 0 Å². The molecule has 0 radical (unpaired) electrons. The van der Waals surface area contributed by atoms with E-state index in [-0.39, 0.29) is 12.0 Å². The smallest absolute Gasteiger partial charge is 0.264 e. The number of hydrogen-bond acceptors (Lipinski definition) is 4. The van der Waals surface area contributed by atoms with Gasteiger partial charge in [0, 0.05) is 18.0 Å². The van der Waals surface area contributed by atoms with E-state index in [9.17, 15) is 4.79 Å². The van der Waals surface area contributed by atoms with E-state index in [1.54, 1.807) is 11.3 Å². The minimum atomic E-state index is 0.0922. The van der Waals surface area contributed by atoms with Gasteiger partial charge in [-0.05, 0) is 52.4 Å². The molecule has 0 saturated carbocycles. The molecule has 2 aromatic heterocycles. The summed E-state index contributed by atoms with van der Waals surface area (Å²) in [4.78, 5) is 16.6. The number of carbonyl (C=O) groups is 1. The van der Waals surface area contributed by atoms with Crippen molar-refractivity contribution in [3.63, 3.8) is 0 Å². The summed E-state index contributed by atoms with van der Waals surface area (Å²) in [5.74, 6) is 0.0922. The molecule has 1 fully saturated rings. The largest absolute Gasteiger partial charge is 0.376 e. The minimum Gasteiger partial charge on any atom is -0.376 e. The molecule has 0 N–H and O–H groups in total. The van der Waals surface area contributed by atoms with Crippen LogP contribution in [0.4, 0.5) is 0 Å². The number of nitrogens with zero attached hydrogens (tertiary/aromatic N) is 1. The second-order valence-corrected chi connectivity index (χ2v) is 8.50. The first kappa shape index (κ1) is 15.2. The average Bonchev–Trinajstić information content (AvgIpc) is 3.19. The number of thiophene rings is 2. The molecule has 3 nitrogen and oxygen atoms in total. The van der Waals surface area contributed by atoms with Crippen molar-refractivity contribution >= 4 is 44.5 Å². The number of ether oxygens (including phenoxy) is 1. The normalized spacial score (nSPS) is 18.0. The highest BCUT2D eigenvalue weighted by atomic mass is 79.9. The third kappa shape index (κ3) is 3.94. The maximum Gasteiger partial charge on any atom is 0.264 e. The third-order valence-corrected chi connectivity index (χ3v) is 5.92. The molecular formula is C15H16BrNO2S2. The average molecular weight is 386 g/mol. The van der Waals surface area contributed by atoms with Crippen LogP contribution in [0.5, 0.6) is 0 Å². The van der Waals surface area contributed by atoms with Gasteiger partial charge in [-0.1, -0.05) is 6.07 Å². The van der Waals surface area contributed by atoms with Crippen LogP contribution in [0.3, 0.4) is 0 Å². The molecule has 3 rings (SSSR count). The Morgan fingerprint density at radius 2 is 2.33 bits per heavy atom. The summed E-state index contributed by atoms with van der Waals surface area (Å²) in [6, 6.07) is 7.91. The quantitative estimate of drug-likeness (QED) is 0.763. The van der Waals surface area contributed by atoms with Crippen molar-refractivity contribution < 1.29 is 9.53 Å². The topological polar surface area (TPSA) is 29.5 Å². The van der Waals surface area contributed by atoms with Crippen molar-refractivity contribution in [2.24, 2.45) is 0 Å². The molecular weight excluding hydrogens is 370 g/mol. The molecule has 3 heterocycles. The van der Waals surface area contributed by atoms with Crippen LogP contribution >= 0.6 is 38.6 Å². The van der Waals surface area contributed by atoms with Crippen LogP contribution in [0.25, 0.3) is 0 Å². The fourth-order valence-electron chi connectivity index (χ4n) is 2.43. The predicted octanol–water partition coefficient (Wildman–Crippen LogP) is 4.39. The maximum atomic E-state index is 12.7. The molecule has 21 heavy (non-hydrogen) atoms. The first-order valence-corrected chi connectivity index (χ1v) is 9.40. The van der Waals surface area contributed by atoms with Gasteiger partial charge in [0.25, 0.3) is 5.91 Å². The highest BCUT2D eigenvalue weighted by molar-refractivity contribution is 9.11. The fraction of sp³-hybridized carbons (Fsp3) is 0.400. The Morgan fingerprint density at radius 1 is 1.43 bits per heavy atom. The van der Waals surface area contributed by atoms with Crippen LogP contribution in [0.2, 0.25) is 0 Å². The molecule has 1 saturated heterocycles. The van der Waals surface area contributed by atoms with Gasteiger partial charge in [0.05, 0.1) is 21.3 Å². The van der Waals surface area contributed by atoms with E-state index in [4.69, 9.17) is 4.74 Å². The second-order valence-electron chi connectivity index (χ2n) is 5.00. The number of hydrogen-bond donors (Lipinski definition) is 0. The van der Waals surface area contributed by atoms with E-state index in [2.05, 4.69) is 22.0 Å². The van der Waals surface area contributed by atoms with Gasteiger partial charge in [-0.25, -0.2) is 0 Å². The van der Waals surface area contributed by atoms with Gasteiger partial charge in [-0.3, -0.25) is 4.79 Å². The molecule has 1 aliphatic rings. The SMILES string of the molecule is O=C(c1ccc(Br)s1)N(Cc1cccs1)CC1CCCO1. The molecule has 0 aliphatic carbocycles. The molecule has 2 aromatic rings. The van der Waals surface area contributed by atoms with Crippen LogP contribution in [-0.2, 0) is 11.3 Å². The van der Waals surface area contributed by atoms with E-state index >= 15 is 0 Å². The van der Waals surface area contributed by atoms with Gasteiger partial charge in [-0.15, -0.1) is 22.7 Å². The molecule has 6 heteroatoms. The van der Waals surface area contributed by atoms with Gasteiger partial charge in [0.15, 0.2) is 0 Å². The van der Waals surface area contributed by atoms with E-state index in [0.717, 1.165) is 28.1 Å². The molecule has 0 spiro atoms. The zero-order valence-electron chi connectivity index (χ0n) is 11.5. The third-order valence-electron chi connectivity index (χ3n) is 3.45. The lowest BCUT2D eigenvalue weighted by Gasteiger charge is -2.24. The van der Waals surface area contributed by atoms with E-state index in [1.807, 2.05) is 28.5 Å². The van der Waals surface area contributed by atoms with Gasteiger partial charge in [0.1, 0.15) is 0 Å². The van der Waals surface area contributed by atoms with Crippen molar-refractivity contribution in [2.75, 3.05) is 13.2 Å². The lowest BCUT2D eigenvalue weighted by Crippen LogP contribution is -2.36. The molecule has 1 unspecified atom stereocenters. The molecule has 0 bridgehead atoms. The molecule has 1 aliphatic heterocycles. The summed E-state index contributed by atoms with van der Waals surface area (Å²) < 4.78 is 6.68. The monoisotopic (exact) mass is 385 g/mol. The fourth-order valence-corrected chi connectivity index (χ4v) is 4.50. The van der Waals surface area contributed by atoms with Crippen molar-refractivity contribution in [2.45, 2.75) is 25.5 Å². The second kappa shape index (κ2) is 7.05. The Balaban J connectivity index is 1.75. The summed E-state index contributed by atoms with van der Waals surface area (Å²) in [6.07, 6.45) is 2.32. The summed E-state index contributed by atoms with van der Waals surface area (Å²) in [5, 5.41) is 2.05. The zero-order chi connectivity index (χ0) is 14.7. The van der Waals surface area contributed by atoms with Crippen molar-refractivity contribution in [1.29, 1.82) is 0 Å². The van der Waals surface area contributed by atoms with Crippen LogP contribution in [-0.4, -0.2) is 30.1 Å². The number of carbonyl (C=O) groups excluding carboxylic acids is 1. The number of amides is 1. The highest BCUT2D eigenvalue weighted by Gasteiger charge is 2.24. The van der Waals surface area contributed by atoms with Crippen molar-refractivity contribution in [1.82, 2.24) is 4.90 Å². The summed E-state index contributed by atoms with van der Waals surface area (Å²) in [6.45, 7) is 2.15. The Labute approximate surface area is 140 Å². The number of rotatable bonds is 5.